The van der Waals surface area contributed by atoms with E-state index in [1.807, 2.05) is 41.8 Å². The first-order valence-corrected chi connectivity index (χ1v) is 7.95. The smallest absolute Gasteiger partial charge is 0.276 e. The Morgan fingerprint density at radius 2 is 2.00 bits per heavy atom. The van der Waals surface area contributed by atoms with Crippen LogP contribution < -0.4 is 5.32 Å². The van der Waals surface area contributed by atoms with Crippen molar-refractivity contribution in [3.63, 3.8) is 0 Å². The van der Waals surface area contributed by atoms with Crippen LogP contribution in [0.1, 0.15) is 10.4 Å². The molecule has 1 aromatic heterocycles. The Hall–Kier alpha value is -1.98. The van der Waals surface area contributed by atoms with Gasteiger partial charge in [0, 0.05) is 11.4 Å². The van der Waals surface area contributed by atoms with Crippen LogP contribution in [0.5, 0.6) is 0 Å². The predicted octanol–water partition coefficient (Wildman–Crippen LogP) is 3.05. The maximum Gasteiger partial charge on any atom is 0.276 e. The maximum atomic E-state index is 12.4. The summed E-state index contributed by atoms with van der Waals surface area (Å²) in [7, 11) is 0. The third-order valence-electron chi connectivity index (χ3n) is 3.26. The molecular weight excluding hydrogens is 300 g/mol. The summed E-state index contributed by atoms with van der Waals surface area (Å²) in [6.07, 6.45) is 2.64. The Balaban J connectivity index is 1.69. The van der Waals surface area contributed by atoms with Crippen molar-refractivity contribution >= 4 is 40.7 Å². The van der Waals surface area contributed by atoms with Crippen molar-refractivity contribution in [2.75, 3.05) is 6.54 Å². The highest BCUT2D eigenvalue weighted by Crippen LogP contribution is 2.17. The van der Waals surface area contributed by atoms with Crippen LogP contribution >= 0.6 is 23.6 Å². The van der Waals surface area contributed by atoms with E-state index in [2.05, 4.69) is 17.4 Å². The maximum absolute atomic E-state index is 12.4. The molecule has 0 saturated carbocycles. The Morgan fingerprint density at radius 1 is 1.19 bits per heavy atom. The molecule has 1 aliphatic heterocycles. The lowest BCUT2D eigenvalue weighted by Crippen LogP contribution is -2.32. The molecule has 1 fully saturated rings. The molecule has 0 atom stereocenters. The molecule has 106 valence electrons. The first kappa shape index (κ1) is 14.0. The molecule has 1 aliphatic rings. The molecule has 5 heteroatoms. The van der Waals surface area contributed by atoms with E-state index in [4.69, 9.17) is 12.2 Å². The molecule has 2 aromatic rings. The van der Waals surface area contributed by atoms with Crippen LogP contribution in [0.25, 0.3) is 6.08 Å². The number of benzene rings is 1. The number of nitrogens with one attached hydrogen (secondary N) is 1. The second kappa shape index (κ2) is 6.20. The van der Waals surface area contributed by atoms with E-state index in [9.17, 15) is 4.79 Å². The lowest BCUT2D eigenvalue weighted by molar-refractivity contribution is -0.122. The van der Waals surface area contributed by atoms with Crippen LogP contribution in [0.15, 0.2) is 53.5 Å². The summed E-state index contributed by atoms with van der Waals surface area (Å²) < 4.78 is 0. The molecular formula is C16H14N2OS2. The summed E-state index contributed by atoms with van der Waals surface area (Å²) in [6, 6.07) is 14.0. The zero-order valence-electron chi connectivity index (χ0n) is 11.3. The Kier molecular flexibility index (Phi) is 4.13. The van der Waals surface area contributed by atoms with Crippen molar-refractivity contribution in [2.24, 2.45) is 0 Å². The molecule has 0 aliphatic carbocycles. The van der Waals surface area contributed by atoms with Gasteiger partial charge in [0.15, 0.2) is 5.11 Å². The van der Waals surface area contributed by atoms with Gasteiger partial charge in [-0.1, -0.05) is 36.4 Å². The molecule has 3 nitrogen and oxygen atoms in total. The topological polar surface area (TPSA) is 32.3 Å². The number of thiophene rings is 1. The largest absolute Gasteiger partial charge is 0.328 e. The molecule has 0 unspecified atom stereocenters. The fraction of sp³-hybridized carbons (Fsp3) is 0.125. The van der Waals surface area contributed by atoms with Crippen LogP contribution in [-0.4, -0.2) is 22.5 Å². The van der Waals surface area contributed by atoms with E-state index in [-0.39, 0.29) is 5.91 Å². The van der Waals surface area contributed by atoms with Gasteiger partial charge in [-0.15, -0.1) is 11.3 Å². The molecule has 0 spiro atoms. The Morgan fingerprint density at radius 3 is 2.71 bits per heavy atom. The first-order chi connectivity index (χ1) is 10.2. The van der Waals surface area contributed by atoms with Gasteiger partial charge in [-0.3, -0.25) is 9.69 Å². The zero-order chi connectivity index (χ0) is 14.7. The van der Waals surface area contributed by atoms with Crippen molar-refractivity contribution in [3.05, 3.63) is 64.0 Å². The van der Waals surface area contributed by atoms with E-state index >= 15 is 0 Å². The number of rotatable bonds is 4. The molecule has 1 saturated heterocycles. The molecule has 1 amide bonds. The van der Waals surface area contributed by atoms with Crippen molar-refractivity contribution < 1.29 is 4.79 Å². The summed E-state index contributed by atoms with van der Waals surface area (Å²) >= 11 is 6.86. The number of nitrogens with zero attached hydrogens (tertiary/aromatic N) is 1. The van der Waals surface area contributed by atoms with Crippen molar-refractivity contribution in [1.29, 1.82) is 0 Å². The lowest BCUT2D eigenvalue weighted by Gasteiger charge is -2.13. The minimum atomic E-state index is -0.0515. The average molecular weight is 314 g/mol. The standard InChI is InChI=1S/C16H14N2OS2/c19-15-14(11-13-7-4-10-21-13)17-16(20)18(15)9-8-12-5-2-1-3-6-12/h1-7,10-11H,8-9H2,(H,17,20)/b14-11-. The van der Waals surface area contributed by atoms with Crippen LogP contribution in [0.4, 0.5) is 0 Å². The lowest BCUT2D eigenvalue weighted by atomic mass is 10.1. The fourth-order valence-corrected chi connectivity index (χ4v) is 3.12. The van der Waals surface area contributed by atoms with Gasteiger partial charge < -0.3 is 5.32 Å². The van der Waals surface area contributed by atoms with Gasteiger partial charge in [-0.25, -0.2) is 0 Å². The highest BCUT2D eigenvalue weighted by atomic mass is 32.1. The second-order valence-corrected chi connectivity index (χ2v) is 6.06. The third-order valence-corrected chi connectivity index (χ3v) is 4.40. The normalized spacial score (nSPS) is 16.6. The zero-order valence-corrected chi connectivity index (χ0v) is 12.9. The summed E-state index contributed by atoms with van der Waals surface area (Å²) in [5.41, 5.74) is 1.75. The number of hydrogen-bond acceptors (Lipinski definition) is 3. The van der Waals surface area contributed by atoms with Crippen molar-refractivity contribution in [1.82, 2.24) is 10.2 Å². The third kappa shape index (κ3) is 3.20. The van der Waals surface area contributed by atoms with Gasteiger partial charge in [0.05, 0.1) is 0 Å². The number of carbonyl (C=O) groups excluding carboxylic acids is 1. The van der Waals surface area contributed by atoms with Crippen molar-refractivity contribution in [2.45, 2.75) is 6.42 Å². The molecule has 1 aromatic carbocycles. The van der Waals surface area contributed by atoms with E-state index in [0.717, 1.165) is 11.3 Å². The van der Waals surface area contributed by atoms with Gasteiger partial charge in [0.1, 0.15) is 5.70 Å². The number of thiocarbonyl (C=S) groups is 1. The molecule has 2 heterocycles. The molecule has 1 N–H and O–H groups in total. The van der Waals surface area contributed by atoms with Gasteiger partial charge in [0.2, 0.25) is 0 Å². The average Bonchev–Trinajstić information content (AvgIpc) is 3.09. The number of carbonyl (C=O) groups is 1. The van der Waals surface area contributed by atoms with Gasteiger partial charge in [-0.2, -0.15) is 0 Å². The monoisotopic (exact) mass is 314 g/mol. The highest BCUT2D eigenvalue weighted by Gasteiger charge is 2.30. The van der Waals surface area contributed by atoms with Crippen molar-refractivity contribution in [3.8, 4) is 0 Å². The number of hydrogen-bond donors (Lipinski definition) is 1. The van der Waals surface area contributed by atoms with Crippen LogP contribution in [0, 0.1) is 0 Å². The predicted molar refractivity (Wildman–Crippen MR) is 89.9 cm³/mol. The first-order valence-electron chi connectivity index (χ1n) is 6.66. The minimum absolute atomic E-state index is 0.0515. The van der Waals surface area contributed by atoms with E-state index < -0.39 is 0 Å². The summed E-state index contributed by atoms with van der Waals surface area (Å²) in [6.45, 7) is 0.594. The van der Waals surface area contributed by atoms with Gasteiger partial charge in [0.25, 0.3) is 5.91 Å². The van der Waals surface area contributed by atoms with Crippen LogP contribution in [-0.2, 0) is 11.2 Å². The second-order valence-electron chi connectivity index (χ2n) is 4.70. The number of amides is 1. The summed E-state index contributed by atoms with van der Waals surface area (Å²) in [5.74, 6) is -0.0515. The molecule has 3 rings (SSSR count). The molecule has 0 bridgehead atoms. The van der Waals surface area contributed by atoms with Crippen LogP contribution in [0.3, 0.4) is 0 Å². The summed E-state index contributed by atoms with van der Waals surface area (Å²) in [5, 5.41) is 5.47. The molecule has 21 heavy (non-hydrogen) atoms. The van der Waals surface area contributed by atoms with Gasteiger partial charge >= 0.3 is 0 Å². The SMILES string of the molecule is O=C1/C(=C/c2cccs2)NC(=S)N1CCc1ccccc1. The fourth-order valence-electron chi connectivity index (χ4n) is 2.18. The quantitative estimate of drug-likeness (QED) is 0.695. The summed E-state index contributed by atoms with van der Waals surface area (Å²) in [4.78, 5) is 15.0. The Labute approximate surface area is 132 Å². The van der Waals surface area contributed by atoms with Crippen LogP contribution in [0.2, 0.25) is 0 Å². The highest BCUT2D eigenvalue weighted by molar-refractivity contribution is 7.80. The van der Waals surface area contributed by atoms with Gasteiger partial charge in [-0.05, 0) is 41.7 Å². The Bertz CT molecular complexity index is 678. The van der Waals surface area contributed by atoms with E-state index in [1.54, 1.807) is 16.2 Å². The molecule has 0 radical (unpaired) electrons. The van der Waals surface area contributed by atoms with E-state index in [1.165, 1.54) is 5.56 Å². The van der Waals surface area contributed by atoms with E-state index in [0.29, 0.717) is 17.4 Å². The minimum Gasteiger partial charge on any atom is -0.328 e.